The third kappa shape index (κ3) is 8.75. The molecule has 1 aromatic rings. The number of carbonyl (C=O) groups is 1. The first kappa shape index (κ1) is 25.5. The third-order valence-corrected chi connectivity index (χ3v) is 5.40. The van der Waals surface area contributed by atoms with Crippen molar-refractivity contribution in [2.45, 2.75) is 39.5 Å². The Hall–Kier alpha value is -2.80. The van der Waals surface area contributed by atoms with Gasteiger partial charge in [0.15, 0.2) is 0 Å². The molecule has 32 heavy (non-hydrogen) atoms. The van der Waals surface area contributed by atoms with Crippen molar-refractivity contribution in [3.63, 3.8) is 0 Å². The van der Waals surface area contributed by atoms with Crippen LogP contribution < -0.4 is 11.1 Å². The summed E-state index contributed by atoms with van der Waals surface area (Å²) in [6.07, 6.45) is 8.94. The highest BCUT2D eigenvalue weighted by Gasteiger charge is 2.26. The van der Waals surface area contributed by atoms with Crippen LogP contribution >= 0.6 is 0 Å². The second-order valence-corrected chi connectivity index (χ2v) is 8.49. The summed E-state index contributed by atoms with van der Waals surface area (Å²) in [6, 6.07) is 5.82. The number of carbonyl (C=O) groups excluding carboxylic acids is 1. The van der Waals surface area contributed by atoms with E-state index in [-0.39, 0.29) is 23.4 Å². The normalized spacial score (nSPS) is 14.9. The van der Waals surface area contributed by atoms with Crippen LogP contribution in [0.4, 0.5) is 4.39 Å². The lowest BCUT2D eigenvalue weighted by molar-refractivity contribution is -0.131. The van der Waals surface area contributed by atoms with Crippen LogP contribution in [0, 0.1) is 23.1 Å². The molecule has 2 rings (SSSR count). The molecule has 1 aliphatic rings. The maximum absolute atomic E-state index is 13.1. The topological polar surface area (TPSA) is 94.6 Å². The predicted octanol–water partition coefficient (Wildman–Crippen LogP) is 3.89. The van der Waals surface area contributed by atoms with Crippen LogP contribution in [-0.4, -0.2) is 49.0 Å². The first-order valence-electron chi connectivity index (χ1n) is 11.3. The van der Waals surface area contributed by atoms with Crippen molar-refractivity contribution < 1.29 is 9.18 Å². The van der Waals surface area contributed by atoms with Gasteiger partial charge in [-0.3, -0.25) is 4.79 Å². The minimum atomic E-state index is -0.334. The molecule has 0 saturated heterocycles. The number of nitrogens with two attached hydrogens (primary N) is 1. The number of rotatable bonds is 13. The highest BCUT2D eigenvalue weighted by Crippen LogP contribution is 2.32. The summed E-state index contributed by atoms with van der Waals surface area (Å²) in [7, 11) is 1.89. The number of nitrogens with one attached hydrogen (secondary N) is 2. The maximum atomic E-state index is 13.1. The molecule has 6 nitrogen and oxygen atoms in total. The summed E-state index contributed by atoms with van der Waals surface area (Å²) in [4.78, 5) is 18.7. The quantitative estimate of drug-likeness (QED) is 0.320. The number of allylic oxidation sites excluding steroid dienone is 1. The van der Waals surface area contributed by atoms with Gasteiger partial charge in [-0.05, 0) is 79.6 Å². The molecule has 1 fully saturated rings. The lowest BCUT2D eigenvalue weighted by Crippen LogP contribution is -2.36. The van der Waals surface area contributed by atoms with Crippen LogP contribution in [0.25, 0.3) is 0 Å². The molecule has 7 heteroatoms. The van der Waals surface area contributed by atoms with E-state index < -0.39 is 0 Å². The van der Waals surface area contributed by atoms with Gasteiger partial charge in [-0.2, -0.15) is 0 Å². The van der Waals surface area contributed by atoms with Crippen molar-refractivity contribution in [2.75, 3.05) is 26.7 Å². The maximum Gasteiger partial charge on any atom is 0.222 e. The van der Waals surface area contributed by atoms with Crippen molar-refractivity contribution in [3.8, 4) is 0 Å². The zero-order valence-corrected chi connectivity index (χ0v) is 19.4. The van der Waals surface area contributed by atoms with Crippen molar-refractivity contribution in [2.24, 2.45) is 22.6 Å². The number of halogens is 1. The van der Waals surface area contributed by atoms with Crippen LogP contribution in [0.1, 0.15) is 45.1 Å². The largest absolute Gasteiger partial charge is 0.383 e. The predicted molar refractivity (Wildman–Crippen MR) is 129 cm³/mol. The van der Waals surface area contributed by atoms with Crippen LogP contribution in [0.3, 0.4) is 0 Å². The number of benzene rings is 1. The minimum Gasteiger partial charge on any atom is -0.383 e. The first-order valence-corrected chi connectivity index (χ1v) is 11.3. The van der Waals surface area contributed by atoms with E-state index in [2.05, 4.69) is 10.3 Å². The smallest absolute Gasteiger partial charge is 0.222 e. The van der Waals surface area contributed by atoms with Crippen molar-refractivity contribution in [3.05, 3.63) is 59.6 Å². The number of amides is 1. The van der Waals surface area contributed by atoms with Crippen LogP contribution in [0.15, 0.2) is 53.2 Å². The van der Waals surface area contributed by atoms with Gasteiger partial charge in [0.2, 0.25) is 5.91 Å². The number of hydrogen-bond donors (Lipinski definition) is 3. The van der Waals surface area contributed by atoms with Gasteiger partial charge in [0, 0.05) is 32.3 Å². The summed E-state index contributed by atoms with van der Waals surface area (Å²) in [6.45, 7) is 6.10. The summed E-state index contributed by atoms with van der Waals surface area (Å²) >= 11 is 0. The Balaban J connectivity index is 1.96. The van der Waals surface area contributed by atoms with E-state index >= 15 is 0 Å². The summed E-state index contributed by atoms with van der Waals surface area (Å²) in [5.41, 5.74) is 7.81. The number of hydrogen-bond acceptors (Lipinski definition) is 4. The Bertz CT molecular complexity index is 854. The van der Waals surface area contributed by atoms with Crippen molar-refractivity contribution >= 4 is 17.5 Å². The lowest BCUT2D eigenvalue weighted by Gasteiger charge is -2.22. The molecule has 1 aromatic carbocycles. The van der Waals surface area contributed by atoms with Gasteiger partial charge in [-0.25, -0.2) is 9.38 Å². The minimum absolute atomic E-state index is 0.0741. The summed E-state index contributed by atoms with van der Waals surface area (Å²) < 4.78 is 13.1. The first-order chi connectivity index (χ1) is 15.3. The Morgan fingerprint density at radius 3 is 2.59 bits per heavy atom. The lowest BCUT2D eigenvalue weighted by atomic mass is 9.98. The molecule has 0 aromatic heterocycles. The molecule has 174 valence electrons. The SMILES string of the molecule is CNCCN(CC/C=C/N=C(N)/C(=C\C(=N)c1ccc(F)cc1)C(C)C)C(=O)CC1CC1. The molecular formula is C25H36FN5O. The fraction of sp³-hybridized carbons (Fsp3) is 0.480. The van der Waals surface area contributed by atoms with Gasteiger partial charge in [0.1, 0.15) is 11.7 Å². The Morgan fingerprint density at radius 2 is 2.00 bits per heavy atom. The fourth-order valence-electron chi connectivity index (χ4n) is 3.22. The number of nitrogens with zero attached hydrogens (tertiary/aromatic N) is 2. The molecule has 0 unspecified atom stereocenters. The van der Waals surface area contributed by atoms with Crippen LogP contribution in [0.2, 0.25) is 0 Å². The molecule has 0 aliphatic heterocycles. The average molecular weight is 442 g/mol. The molecule has 4 N–H and O–H groups in total. The van der Waals surface area contributed by atoms with Crippen molar-refractivity contribution in [1.29, 1.82) is 5.41 Å². The monoisotopic (exact) mass is 441 g/mol. The Kier molecular flexibility index (Phi) is 10.3. The summed E-state index contributed by atoms with van der Waals surface area (Å²) in [5.74, 6) is 0.891. The highest BCUT2D eigenvalue weighted by molar-refractivity contribution is 6.12. The highest BCUT2D eigenvalue weighted by atomic mass is 19.1. The average Bonchev–Trinajstić information content (AvgIpc) is 3.57. The van der Waals surface area contributed by atoms with E-state index in [1.807, 2.05) is 31.9 Å². The second-order valence-electron chi connectivity index (χ2n) is 8.49. The molecule has 0 heterocycles. The number of likely N-dealkylation sites (N-methyl/N-ethyl adjacent to an activating group) is 1. The number of aliphatic imine (C=N–C) groups is 1. The third-order valence-electron chi connectivity index (χ3n) is 5.40. The molecule has 0 bridgehead atoms. The fourth-order valence-corrected chi connectivity index (χ4v) is 3.22. The van der Waals surface area contributed by atoms with Gasteiger partial charge in [0.05, 0.1) is 5.71 Å². The molecule has 0 radical (unpaired) electrons. The van der Waals surface area contributed by atoms with E-state index in [1.54, 1.807) is 24.4 Å². The molecule has 0 atom stereocenters. The van der Waals surface area contributed by atoms with E-state index in [4.69, 9.17) is 11.1 Å². The van der Waals surface area contributed by atoms with Crippen molar-refractivity contribution in [1.82, 2.24) is 10.2 Å². The zero-order chi connectivity index (χ0) is 23.5. The van der Waals surface area contributed by atoms with Gasteiger partial charge < -0.3 is 21.4 Å². The molecular weight excluding hydrogens is 405 g/mol. The van der Waals surface area contributed by atoms with Gasteiger partial charge in [-0.15, -0.1) is 0 Å². The van der Waals surface area contributed by atoms with Gasteiger partial charge in [-0.1, -0.05) is 19.9 Å². The zero-order valence-electron chi connectivity index (χ0n) is 19.4. The molecule has 0 spiro atoms. The molecule has 1 aliphatic carbocycles. The Morgan fingerprint density at radius 1 is 1.31 bits per heavy atom. The molecule has 1 amide bonds. The van der Waals surface area contributed by atoms with E-state index in [1.165, 1.54) is 25.0 Å². The van der Waals surface area contributed by atoms with Gasteiger partial charge >= 0.3 is 0 Å². The van der Waals surface area contributed by atoms with E-state index in [0.29, 0.717) is 43.2 Å². The van der Waals surface area contributed by atoms with Crippen LogP contribution in [-0.2, 0) is 4.79 Å². The standard InChI is InChI=1S/C25H36FN5O/c1-18(2)22(17-23(27)20-8-10-21(26)11-9-20)25(28)30-12-4-5-14-31(15-13-29-3)24(32)16-19-6-7-19/h4,8-12,17-19,27,29H,5-7,13-16H2,1-3H3,(H2,28,30)/b12-4+,22-17-,27-23?. The second kappa shape index (κ2) is 12.9. The van der Waals surface area contributed by atoms with E-state index in [9.17, 15) is 9.18 Å². The Labute approximate surface area is 191 Å². The van der Waals surface area contributed by atoms with Crippen LogP contribution in [0.5, 0.6) is 0 Å². The summed E-state index contributed by atoms with van der Waals surface area (Å²) in [5, 5.41) is 11.4. The van der Waals surface area contributed by atoms with Gasteiger partial charge in [0.25, 0.3) is 0 Å². The van der Waals surface area contributed by atoms with E-state index in [0.717, 1.165) is 12.1 Å². The molecule has 1 saturated carbocycles. The number of amidine groups is 1.